The van der Waals surface area contributed by atoms with Crippen LogP contribution in [0.25, 0.3) is 0 Å². The number of likely N-dealkylation sites (tertiary alicyclic amines) is 1. The molecule has 0 saturated carbocycles. The molecule has 6 heteroatoms. The summed E-state index contributed by atoms with van der Waals surface area (Å²) < 4.78 is 0. The second-order valence-corrected chi connectivity index (χ2v) is 9.16. The number of piperidine rings is 1. The van der Waals surface area contributed by atoms with Crippen molar-refractivity contribution in [3.63, 3.8) is 0 Å². The Morgan fingerprint density at radius 1 is 1.15 bits per heavy atom. The second kappa shape index (κ2) is 10.4. The van der Waals surface area contributed by atoms with Crippen LogP contribution in [0, 0.1) is 17.8 Å². The minimum absolute atomic E-state index is 0.104. The van der Waals surface area contributed by atoms with E-state index in [2.05, 4.69) is 33.0 Å². The highest BCUT2D eigenvalue weighted by atomic mass is 16.2. The summed E-state index contributed by atoms with van der Waals surface area (Å²) in [6.07, 6.45) is 4.67. The number of hydrogen-bond donors (Lipinski definition) is 2. The molecule has 0 aliphatic carbocycles. The van der Waals surface area contributed by atoms with Gasteiger partial charge in [0.1, 0.15) is 6.04 Å². The lowest BCUT2D eigenvalue weighted by molar-refractivity contribution is -0.150. The zero-order valence-electron chi connectivity index (χ0n) is 17.7. The number of hydrogen-bond acceptors (Lipinski definition) is 4. The first kappa shape index (κ1) is 22.2. The second-order valence-electron chi connectivity index (χ2n) is 9.16. The average Bonchev–Trinajstić information content (AvgIpc) is 2.61. The van der Waals surface area contributed by atoms with Gasteiger partial charge < -0.3 is 20.9 Å². The van der Waals surface area contributed by atoms with E-state index in [0.717, 1.165) is 58.3 Å². The molecule has 2 atom stereocenters. The molecule has 2 aliphatic heterocycles. The standard InChI is InChI=1S/C21H40N4O2/c1-15(2)13-18-20(26)25(12-9-23-18)19(14-16(3)4)21(27)24-10-6-17(5-8-22)7-11-24/h15-19,23H,5-14,22H2,1-4H3/t18-,19?/m0/s1. The third kappa shape index (κ3) is 6.18. The van der Waals surface area contributed by atoms with Crippen LogP contribution in [0.3, 0.4) is 0 Å². The Balaban J connectivity index is 2.07. The van der Waals surface area contributed by atoms with Crippen molar-refractivity contribution in [3.05, 3.63) is 0 Å². The molecule has 3 N–H and O–H groups in total. The fraction of sp³-hybridized carbons (Fsp3) is 0.905. The van der Waals surface area contributed by atoms with E-state index in [1.54, 1.807) is 0 Å². The van der Waals surface area contributed by atoms with Crippen molar-refractivity contribution in [2.75, 3.05) is 32.7 Å². The molecule has 1 unspecified atom stereocenters. The van der Waals surface area contributed by atoms with Gasteiger partial charge in [0.2, 0.25) is 11.8 Å². The number of piperazine rings is 1. The van der Waals surface area contributed by atoms with E-state index in [1.807, 2.05) is 9.80 Å². The molecule has 0 radical (unpaired) electrons. The SMILES string of the molecule is CC(C)CC(C(=O)N1CCC(CCN)CC1)N1CCN[C@@H](CC(C)C)C1=O. The molecule has 27 heavy (non-hydrogen) atoms. The topological polar surface area (TPSA) is 78.7 Å². The van der Waals surface area contributed by atoms with Crippen LogP contribution >= 0.6 is 0 Å². The average molecular weight is 381 g/mol. The van der Waals surface area contributed by atoms with Crippen LogP contribution in [0.2, 0.25) is 0 Å². The molecule has 0 spiro atoms. The van der Waals surface area contributed by atoms with Crippen LogP contribution in [0.15, 0.2) is 0 Å². The van der Waals surface area contributed by atoms with Gasteiger partial charge in [-0.1, -0.05) is 27.7 Å². The molecule has 2 amide bonds. The lowest BCUT2D eigenvalue weighted by Gasteiger charge is -2.42. The third-order valence-electron chi connectivity index (χ3n) is 5.89. The van der Waals surface area contributed by atoms with Crippen LogP contribution < -0.4 is 11.1 Å². The van der Waals surface area contributed by atoms with Gasteiger partial charge in [-0.25, -0.2) is 0 Å². The molecular weight excluding hydrogens is 340 g/mol. The van der Waals surface area contributed by atoms with E-state index in [-0.39, 0.29) is 23.9 Å². The predicted octanol–water partition coefficient (Wildman–Crippen LogP) is 1.84. The quantitative estimate of drug-likeness (QED) is 0.673. The van der Waals surface area contributed by atoms with E-state index in [0.29, 0.717) is 24.3 Å². The first-order chi connectivity index (χ1) is 12.8. The van der Waals surface area contributed by atoms with Gasteiger partial charge in [0.25, 0.3) is 0 Å². The van der Waals surface area contributed by atoms with E-state index < -0.39 is 0 Å². The highest BCUT2D eigenvalue weighted by molar-refractivity contribution is 5.90. The zero-order chi connectivity index (χ0) is 20.0. The number of nitrogens with one attached hydrogen (secondary N) is 1. The molecule has 2 aliphatic rings. The summed E-state index contributed by atoms with van der Waals surface area (Å²) in [5.41, 5.74) is 5.69. The van der Waals surface area contributed by atoms with E-state index >= 15 is 0 Å². The highest BCUT2D eigenvalue weighted by Crippen LogP contribution is 2.24. The van der Waals surface area contributed by atoms with Gasteiger partial charge in [-0.05, 0) is 56.4 Å². The van der Waals surface area contributed by atoms with Crippen molar-refractivity contribution in [1.29, 1.82) is 0 Å². The minimum Gasteiger partial charge on any atom is -0.341 e. The predicted molar refractivity (Wildman–Crippen MR) is 109 cm³/mol. The van der Waals surface area contributed by atoms with Gasteiger partial charge in [0.05, 0.1) is 6.04 Å². The number of carbonyl (C=O) groups excluding carboxylic acids is 2. The summed E-state index contributed by atoms with van der Waals surface area (Å²) in [6.45, 7) is 12.2. The normalized spacial score (nSPS) is 23.4. The van der Waals surface area contributed by atoms with Crippen LogP contribution in [0.4, 0.5) is 0 Å². The maximum atomic E-state index is 13.4. The van der Waals surface area contributed by atoms with Crippen molar-refractivity contribution in [2.24, 2.45) is 23.5 Å². The maximum Gasteiger partial charge on any atom is 0.245 e. The number of amides is 2. The highest BCUT2D eigenvalue weighted by Gasteiger charge is 2.39. The Bertz CT molecular complexity index is 487. The zero-order valence-corrected chi connectivity index (χ0v) is 17.7. The maximum absolute atomic E-state index is 13.4. The summed E-state index contributed by atoms with van der Waals surface area (Å²) in [4.78, 5) is 30.3. The van der Waals surface area contributed by atoms with Crippen LogP contribution in [0.5, 0.6) is 0 Å². The summed E-state index contributed by atoms with van der Waals surface area (Å²) in [6, 6.07) is -0.475. The smallest absolute Gasteiger partial charge is 0.245 e. The van der Waals surface area contributed by atoms with Gasteiger partial charge in [-0.2, -0.15) is 0 Å². The summed E-state index contributed by atoms with van der Waals surface area (Å²) in [7, 11) is 0. The number of carbonyl (C=O) groups is 2. The summed E-state index contributed by atoms with van der Waals surface area (Å²) in [5.74, 6) is 1.71. The monoisotopic (exact) mass is 380 g/mol. The lowest BCUT2D eigenvalue weighted by atomic mass is 9.92. The van der Waals surface area contributed by atoms with Crippen molar-refractivity contribution in [2.45, 2.75) is 71.9 Å². The molecule has 2 saturated heterocycles. The van der Waals surface area contributed by atoms with Gasteiger partial charge in [0.15, 0.2) is 0 Å². The Morgan fingerprint density at radius 3 is 2.37 bits per heavy atom. The van der Waals surface area contributed by atoms with Gasteiger partial charge >= 0.3 is 0 Å². The molecule has 0 aromatic rings. The third-order valence-corrected chi connectivity index (χ3v) is 5.89. The van der Waals surface area contributed by atoms with Crippen LogP contribution in [-0.2, 0) is 9.59 Å². The Hall–Kier alpha value is -1.14. The first-order valence-electron chi connectivity index (χ1n) is 10.9. The summed E-state index contributed by atoms with van der Waals surface area (Å²) in [5, 5.41) is 3.35. The number of rotatable bonds is 8. The molecule has 0 aromatic heterocycles. The van der Waals surface area contributed by atoms with E-state index in [9.17, 15) is 9.59 Å². The van der Waals surface area contributed by atoms with Crippen LogP contribution in [0.1, 0.15) is 59.8 Å². The molecule has 2 rings (SSSR count). The molecule has 2 heterocycles. The number of nitrogens with zero attached hydrogens (tertiary/aromatic N) is 2. The Morgan fingerprint density at radius 2 is 1.81 bits per heavy atom. The van der Waals surface area contributed by atoms with Gasteiger partial charge in [-0.3, -0.25) is 9.59 Å². The molecule has 0 aromatic carbocycles. The molecule has 156 valence electrons. The van der Waals surface area contributed by atoms with Crippen molar-refractivity contribution in [3.8, 4) is 0 Å². The van der Waals surface area contributed by atoms with Crippen molar-refractivity contribution in [1.82, 2.24) is 15.1 Å². The molecular formula is C21H40N4O2. The van der Waals surface area contributed by atoms with E-state index in [4.69, 9.17) is 5.73 Å². The molecule has 6 nitrogen and oxygen atoms in total. The van der Waals surface area contributed by atoms with Crippen molar-refractivity contribution >= 4 is 11.8 Å². The van der Waals surface area contributed by atoms with Crippen LogP contribution in [-0.4, -0.2) is 66.4 Å². The lowest BCUT2D eigenvalue weighted by Crippen LogP contribution is -2.62. The number of nitrogens with two attached hydrogens (primary N) is 1. The molecule has 2 fully saturated rings. The summed E-state index contributed by atoms with van der Waals surface area (Å²) >= 11 is 0. The van der Waals surface area contributed by atoms with Crippen molar-refractivity contribution < 1.29 is 9.59 Å². The minimum atomic E-state index is -0.319. The van der Waals surface area contributed by atoms with E-state index in [1.165, 1.54) is 0 Å². The van der Waals surface area contributed by atoms with Gasteiger partial charge in [0, 0.05) is 26.2 Å². The Labute approximate surface area is 165 Å². The fourth-order valence-corrected chi connectivity index (χ4v) is 4.42. The fourth-order valence-electron chi connectivity index (χ4n) is 4.42. The Kier molecular flexibility index (Phi) is 8.55. The molecule has 0 bridgehead atoms. The largest absolute Gasteiger partial charge is 0.341 e. The first-order valence-corrected chi connectivity index (χ1v) is 10.9. The van der Waals surface area contributed by atoms with Gasteiger partial charge in [-0.15, -0.1) is 0 Å².